The summed E-state index contributed by atoms with van der Waals surface area (Å²) in [5.74, 6) is -1.56. The summed E-state index contributed by atoms with van der Waals surface area (Å²) in [4.78, 5) is 15.3. The minimum absolute atomic E-state index is 0.0956. The summed E-state index contributed by atoms with van der Waals surface area (Å²) in [6, 6.07) is 1.19. The number of nitrogens with zero attached hydrogens (tertiary/aromatic N) is 1. The highest BCUT2D eigenvalue weighted by Gasteiger charge is 2.16. The third kappa shape index (κ3) is 3.67. The Morgan fingerprint density at radius 1 is 1.71 bits per heavy atom. The molecule has 0 saturated carbocycles. The molecule has 1 aromatic rings. The van der Waals surface area contributed by atoms with Gasteiger partial charge in [0.15, 0.2) is 11.6 Å². The lowest BCUT2D eigenvalue weighted by atomic mass is 10.2. The normalized spacial score (nSPS) is 12.2. The molecule has 0 radical (unpaired) electrons. The summed E-state index contributed by atoms with van der Waals surface area (Å²) in [7, 11) is 1.58. The second-order valence-electron chi connectivity index (χ2n) is 3.71. The Morgan fingerprint density at radius 3 is 3.06 bits per heavy atom. The van der Waals surface area contributed by atoms with Gasteiger partial charge >= 0.3 is 0 Å². The van der Waals surface area contributed by atoms with E-state index < -0.39 is 11.7 Å². The van der Waals surface area contributed by atoms with Gasteiger partial charge in [-0.3, -0.25) is 4.79 Å². The fourth-order valence-corrected chi connectivity index (χ4v) is 1.30. The van der Waals surface area contributed by atoms with Crippen molar-refractivity contribution in [2.75, 3.05) is 19.5 Å². The maximum atomic E-state index is 13.5. The summed E-state index contributed by atoms with van der Waals surface area (Å²) in [5.41, 5.74) is 5.19. The fraction of sp³-hybridized carbons (Fsp3) is 0.455. The van der Waals surface area contributed by atoms with Crippen LogP contribution in [0, 0.1) is 5.82 Å². The molecule has 94 valence electrons. The van der Waals surface area contributed by atoms with E-state index in [0.29, 0.717) is 13.0 Å². The van der Waals surface area contributed by atoms with Crippen molar-refractivity contribution in [3.63, 3.8) is 0 Å². The fourth-order valence-electron chi connectivity index (χ4n) is 1.30. The van der Waals surface area contributed by atoms with Gasteiger partial charge in [0.2, 0.25) is 0 Å². The average molecular weight is 241 g/mol. The number of nitrogens with one attached hydrogen (secondary N) is 1. The third-order valence-electron chi connectivity index (χ3n) is 2.29. The number of hydrogen-bond acceptors (Lipinski definition) is 4. The van der Waals surface area contributed by atoms with Crippen LogP contribution in [0.5, 0.6) is 0 Å². The molecule has 0 spiro atoms. The van der Waals surface area contributed by atoms with Crippen LogP contribution in [-0.2, 0) is 4.74 Å². The lowest BCUT2D eigenvalue weighted by Gasteiger charge is -2.13. The number of pyridine rings is 1. The van der Waals surface area contributed by atoms with Crippen LogP contribution in [0.3, 0.4) is 0 Å². The molecule has 17 heavy (non-hydrogen) atoms. The number of rotatable bonds is 5. The van der Waals surface area contributed by atoms with E-state index in [9.17, 15) is 9.18 Å². The van der Waals surface area contributed by atoms with E-state index in [2.05, 4.69) is 10.3 Å². The molecular weight excluding hydrogens is 225 g/mol. The first-order valence-corrected chi connectivity index (χ1v) is 5.26. The molecule has 0 saturated heterocycles. The number of nitrogens with two attached hydrogens (primary N) is 1. The van der Waals surface area contributed by atoms with E-state index in [1.807, 2.05) is 6.92 Å². The van der Waals surface area contributed by atoms with Gasteiger partial charge in [0.1, 0.15) is 0 Å². The molecule has 1 atom stereocenters. The van der Waals surface area contributed by atoms with E-state index in [4.69, 9.17) is 10.5 Å². The Kier molecular flexibility index (Phi) is 4.84. The van der Waals surface area contributed by atoms with E-state index in [0.717, 1.165) is 0 Å². The zero-order chi connectivity index (χ0) is 12.8. The van der Waals surface area contributed by atoms with Gasteiger partial charge in [0.05, 0.1) is 5.56 Å². The number of ether oxygens (including phenoxy) is 1. The van der Waals surface area contributed by atoms with Crippen LogP contribution < -0.4 is 11.1 Å². The van der Waals surface area contributed by atoms with Crippen molar-refractivity contribution in [2.24, 2.45) is 0 Å². The van der Waals surface area contributed by atoms with Crippen LogP contribution in [0.4, 0.5) is 10.2 Å². The topological polar surface area (TPSA) is 77.2 Å². The first-order chi connectivity index (χ1) is 8.06. The molecule has 0 bridgehead atoms. The molecule has 5 nitrogen and oxygen atoms in total. The summed E-state index contributed by atoms with van der Waals surface area (Å²) in [6.07, 6.45) is 1.96. The van der Waals surface area contributed by atoms with Crippen LogP contribution in [0.25, 0.3) is 0 Å². The van der Waals surface area contributed by atoms with Gasteiger partial charge in [-0.1, -0.05) is 0 Å². The van der Waals surface area contributed by atoms with Crippen molar-refractivity contribution in [1.29, 1.82) is 0 Å². The quantitative estimate of drug-likeness (QED) is 0.804. The van der Waals surface area contributed by atoms with Crippen LogP contribution in [0.1, 0.15) is 23.7 Å². The number of methoxy groups -OCH3 is 1. The monoisotopic (exact) mass is 241 g/mol. The molecular formula is C11H16FN3O2. The molecule has 1 heterocycles. The predicted molar refractivity (Wildman–Crippen MR) is 62.0 cm³/mol. The molecule has 0 aromatic carbocycles. The smallest absolute Gasteiger partial charge is 0.254 e. The number of nitrogen functional groups attached to an aromatic ring is 1. The maximum absolute atomic E-state index is 13.5. The second-order valence-corrected chi connectivity index (χ2v) is 3.71. The van der Waals surface area contributed by atoms with Crippen LogP contribution in [-0.4, -0.2) is 30.6 Å². The van der Waals surface area contributed by atoms with Crippen LogP contribution in [0.15, 0.2) is 12.3 Å². The average Bonchev–Trinajstić information content (AvgIpc) is 2.29. The lowest BCUT2D eigenvalue weighted by molar-refractivity contribution is 0.0925. The minimum Gasteiger partial charge on any atom is -0.385 e. The molecule has 0 aliphatic carbocycles. The van der Waals surface area contributed by atoms with Crippen molar-refractivity contribution in [2.45, 2.75) is 19.4 Å². The summed E-state index contributed by atoms with van der Waals surface area (Å²) in [6.45, 7) is 2.35. The number of hydrogen-bond donors (Lipinski definition) is 2. The zero-order valence-corrected chi connectivity index (χ0v) is 9.87. The van der Waals surface area contributed by atoms with Crippen molar-refractivity contribution < 1.29 is 13.9 Å². The number of aromatic nitrogens is 1. The Morgan fingerprint density at radius 2 is 2.41 bits per heavy atom. The molecule has 0 aliphatic heterocycles. The number of carbonyl (C=O) groups excluding carboxylic acids is 1. The van der Waals surface area contributed by atoms with Gasteiger partial charge in [-0.05, 0) is 19.4 Å². The highest BCUT2D eigenvalue weighted by atomic mass is 19.1. The molecule has 1 unspecified atom stereocenters. The molecule has 6 heteroatoms. The number of anilines is 1. The SMILES string of the molecule is COCCC(C)NC(=O)c1ccnc(N)c1F. The maximum Gasteiger partial charge on any atom is 0.254 e. The van der Waals surface area contributed by atoms with E-state index in [1.54, 1.807) is 7.11 Å². The summed E-state index contributed by atoms with van der Waals surface area (Å²) in [5, 5.41) is 2.66. The van der Waals surface area contributed by atoms with Crippen molar-refractivity contribution in [1.82, 2.24) is 10.3 Å². The number of carbonyl (C=O) groups is 1. The summed E-state index contributed by atoms with van der Waals surface area (Å²) < 4.78 is 18.4. The van der Waals surface area contributed by atoms with Crippen molar-refractivity contribution in [3.8, 4) is 0 Å². The highest BCUT2D eigenvalue weighted by Crippen LogP contribution is 2.11. The number of halogens is 1. The van der Waals surface area contributed by atoms with Gasteiger partial charge in [0, 0.05) is 26.0 Å². The lowest BCUT2D eigenvalue weighted by Crippen LogP contribution is -2.34. The first kappa shape index (κ1) is 13.4. The van der Waals surface area contributed by atoms with Gasteiger partial charge in [0.25, 0.3) is 5.91 Å². The van der Waals surface area contributed by atoms with Gasteiger partial charge in [-0.25, -0.2) is 9.37 Å². The molecule has 0 aliphatic rings. The Balaban J connectivity index is 2.67. The van der Waals surface area contributed by atoms with Crippen molar-refractivity contribution >= 4 is 11.7 Å². The van der Waals surface area contributed by atoms with E-state index >= 15 is 0 Å². The second kappa shape index (κ2) is 6.15. The first-order valence-electron chi connectivity index (χ1n) is 5.26. The standard InChI is InChI=1S/C11H16FN3O2/c1-7(4-6-17-2)15-11(16)8-3-5-14-10(13)9(8)12/h3,5,7H,4,6H2,1-2H3,(H2,13,14)(H,15,16). The van der Waals surface area contributed by atoms with Gasteiger partial charge in [-0.15, -0.1) is 0 Å². The van der Waals surface area contributed by atoms with Crippen molar-refractivity contribution in [3.05, 3.63) is 23.6 Å². The van der Waals surface area contributed by atoms with Gasteiger partial charge in [-0.2, -0.15) is 0 Å². The molecule has 1 aromatic heterocycles. The van der Waals surface area contributed by atoms with Crippen LogP contribution >= 0.6 is 0 Å². The molecule has 3 N–H and O–H groups in total. The number of amides is 1. The van der Waals surface area contributed by atoms with Gasteiger partial charge < -0.3 is 15.8 Å². The van der Waals surface area contributed by atoms with E-state index in [-0.39, 0.29) is 17.4 Å². The molecule has 1 rings (SSSR count). The van der Waals surface area contributed by atoms with E-state index in [1.165, 1.54) is 12.3 Å². The van der Waals surface area contributed by atoms with Crippen LogP contribution in [0.2, 0.25) is 0 Å². The third-order valence-corrected chi connectivity index (χ3v) is 2.29. The largest absolute Gasteiger partial charge is 0.385 e. The highest BCUT2D eigenvalue weighted by molar-refractivity contribution is 5.95. The minimum atomic E-state index is -0.788. The Bertz CT molecular complexity index is 398. The Hall–Kier alpha value is -1.69. The zero-order valence-electron chi connectivity index (χ0n) is 9.87. The predicted octanol–water partition coefficient (Wildman–Crippen LogP) is 0.958. The molecule has 1 amide bonds. The molecule has 0 fully saturated rings. The summed E-state index contributed by atoms with van der Waals surface area (Å²) >= 11 is 0. The Labute approximate surface area is 99.2 Å².